The summed E-state index contributed by atoms with van der Waals surface area (Å²) < 4.78 is 23.1. The summed E-state index contributed by atoms with van der Waals surface area (Å²) in [5, 5.41) is 15.3. The Bertz CT molecular complexity index is 939. The molecule has 0 aliphatic heterocycles. The first-order valence-electron chi connectivity index (χ1n) is 7.09. The molecular weight excluding hydrogens is 366 g/mol. The molecule has 3 rings (SSSR count). The zero-order valence-corrected chi connectivity index (χ0v) is 14.2. The fourth-order valence-electron chi connectivity index (χ4n) is 2.38. The molecule has 3 aromatic rings. The maximum atomic E-state index is 10.8. The summed E-state index contributed by atoms with van der Waals surface area (Å²) in [6, 6.07) is 14.6. The zero-order chi connectivity index (χ0) is 18.0. The summed E-state index contributed by atoms with van der Waals surface area (Å²) in [5.74, 6) is -0.0529. The molecule has 1 unspecified atom stereocenters. The van der Waals surface area contributed by atoms with Crippen LogP contribution >= 0.6 is 11.6 Å². The van der Waals surface area contributed by atoms with Crippen LogP contribution in [-0.2, 0) is 16.8 Å². The number of non-ortho nitro benzene ring substituents is 1. The van der Waals surface area contributed by atoms with Gasteiger partial charge in [-0.25, -0.2) is 4.68 Å². The summed E-state index contributed by atoms with van der Waals surface area (Å²) in [6.45, 7) is 0. The van der Waals surface area contributed by atoms with Gasteiger partial charge in [0, 0.05) is 29.5 Å². The molecule has 0 amide bonds. The number of nitrogens with zero attached hydrogens (tertiary/aromatic N) is 3. The second kappa shape index (κ2) is 7.14. The van der Waals surface area contributed by atoms with Crippen molar-refractivity contribution in [1.82, 2.24) is 9.78 Å². The molecule has 7 nitrogen and oxygen atoms in total. The predicted molar refractivity (Wildman–Crippen MR) is 93.3 cm³/mol. The van der Waals surface area contributed by atoms with Crippen molar-refractivity contribution in [3.05, 3.63) is 75.4 Å². The molecule has 9 heteroatoms. The summed E-state index contributed by atoms with van der Waals surface area (Å²) in [6.07, 6.45) is 0. The molecule has 25 heavy (non-hydrogen) atoms. The minimum absolute atomic E-state index is 0.0153. The molecule has 0 radical (unpaired) electrons. The molecule has 0 saturated heterocycles. The van der Waals surface area contributed by atoms with Crippen molar-refractivity contribution in [3.63, 3.8) is 0 Å². The van der Waals surface area contributed by atoms with E-state index in [0.717, 1.165) is 5.56 Å². The van der Waals surface area contributed by atoms with E-state index in [9.17, 15) is 18.9 Å². The molecule has 1 atom stereocenters. The van der Waals surface area contributed by atoms with Crippen LogP contribution in [0.15, 0.2) is 54.6 Å². The Balaban J connectivity index is 1.98. The normalized spacial score (nSPS) is 12.1. The van der Waals surface area contributed by atoms with Crippen LogP contribution in [0.2, 0.25) is 5.15 Å². The van der Waals surface area contributed by atoms with Gasteiger partial charge in [-0.05, 0) is 17.7 Å². The van der Waals surface area contributed by atoms with Crippen LogP contribution in [0.4, 0.5) is 5.69 Å². The average Bonchev–Trinajstić information content (AvgIpc) is 2.97. The lowest BCUT2D eigenvalue weighted by atomic mass is 10.1. The van der Waals surface area contributed by atoms with Gasteiger partial charge in [0.25, 0.3) is 5.69 Å². The fourth-order valence-corrected chi connectivity index (χ4v) is 3.02. The van der Waals surface area contributed by atoms with Crippen LogP contribution < -0.4 is 0 Å². The third kappa shape index (κ3) is 3.93. The largest absolute Gasteiger partial charge is 0.772 e. The Hall–Kier alpha value is -2.55. The molecule has 1 heterocycles. The monoisotopic (exact) mass is 376 g/mol. The van der Waals surface area contributed by atoms with Crippen LogP contribution in [0.1, 0.15) is 5.56 Å². The smallest absolute Gasteiger partial charge is 0.269 e. The molecule has 0 spiro atoms. The Labute approximate surface area is 150 Å². The van der Waals surface area contributed by atoms with Crippen LogP contribution in [0.25, 0.3) is 16.9 Å². The number of rotatable bonds is 5. The van der Waals surface area contributed by atoms with E-state index in [2.05, 4.69) is 5.10 Å². The minimum atomic E-state index is -2.15. The molecule has 0 aliphatic rings. The van der Waals surface area contributed by atoms with Crippen molar-refractivity contribution in [2.45, 2.75) is 5.75 Å². The average molecular weight is 377 g/mol. The van der Waals surface area contributed by atoms with E-state index >= 15 is 0 Å². The van der Waals surface area contributed by atoms with Gasteiger partial charge >= 0.3 is 0 Å². The maximum Gasteiger partial charge on any atom is 0.269 e. The van der Waals surface area contributed by atoms with Crippen molar-refractivity contribution in [2.24, 2.45) is 0 Å². The molecule has 2 aromatic carbocycles. The van der Waals surface area contributed by atoms with Gasteiger partial charge in [-0.3, -0.25) is 14.3 Å². The first kappa shape index (κ1) is 17.3. The molecule has 0 bridgehead atoms. The molecule has 128 valence electrons. The maximum absolute atomic E-state index is 10.8. The third-order valence-corrected chi connectivity index (χ3v) is 4.27. The second-order valence-electron chi connectivity index (χ2n) is 5.18. The third-order valence-electron chi connectivity index (χ3n) is 3.52. The van der Waals surface area contributed by atoms with E-state index in [1.54, 1.807) is 47.1 Å². The zero-order valence-electron chi connectivity index (χ0n) is 12.7. The van der Waals surface area contributed by atoms with Crippen LogP contribution in [0.5, 0.6) is 0 Å². The van der Waals surface area contributed by atoms with Crippen molar-refractivity contribution < 1.29 is 13.7 Å². The quantitative estimate of drug-likeness (QED) is 0.385. The summed E-state index contributed by atoms with van der Waals surface area (Å²) in [7, 11) is 0. The van der Waals surface area contributed by atoms with Gasteiger partial charge in [0.05, 0.1) is 16.3 Å². The highest BCUT2D eigenvalue weighted by atomic mass is 35.5. The van der Waals surface area contributed by atoms with Crippen molar-refractivity contribution in [1.29, 1.82) is 0 Å². The minimum Gasteiger partial charge on any atom is -0.772 e. The molecule has 0 fully saturated rings. The second-order valence-corrected chi connectivity index (χ2v) is 6.47. The van der Waals surface area contributed by atoms with E-state index in [0.29, 0.717) is 16.9 Å². The lowest BCUT2D eigenvalue weighted by Gasteiger charge is -2.09. The van der Waals surface area contributed by atoms with Gasteiger partial charge in [-0.15, -0.1) is 0 Å². The lowest BCUT2D eigenvalue weighted by Crippen LogP contribution is -2.00. The molecular formula is C16H11ClN3O4S-. The number of halogens is 1. The Morgan fingerprint density at radius 3 is 2.32 bits per heavy atom. The summed E-state index contributed by atoms with van der Waals surface area (Å²) in [4.78, 5) is 10.3. The summed E-state index contributed by atoms with van der Waals surface area (Å²) >= 11 is 3.88. The standard InChI is InChI=1S/C16H12ClN3O4S/c17-16-9-15(12-3-1-11(2-4-12)10-25(23)24)19(18-16)13-5-7-14(8-6-13)20(21)22/h1-9H,10H2,(H,23,24)/p-1. The number of hydrogen-bond donors (Lipinski definition) is 0. The number of nitro groups is 1. The molecule has 0 N–H and O–H groups in total. The van der Waals surface area contributed by atoms with E-state index in [4.69, 9.17) is 11.6 Å². The molecule has 0 saturated carbocycles. The first-order chi connectivity index (χ1) is 11.9. The Morgan fingerprint density at radius 2 is 1.76 bits per heavy atom. The number of aromatic nitrogens is 2. The number of benzene rings is 2. The SMILES string of the molecule is O=[N+]([O-])c1ccc(-n2nc(Cl)cc2-c2ccc(CS(=O)[O-])cc2)cc1. The van der Waals surface area contributed by atoms with E-state index in [1.807, 2.05) is 0 Å². The van der Waals surface area contributed by atoms with Gasteiger partial charge in [0.1, 0.15) is 0 Å². The first-order valence-corrected chi connectivity index (χ1v) is 8.72. The van der Waals surface area contributed by atoms with E-state index < -0.39 is 16.0 Å². The Morgan fingerprint density at radius 1 is 1.12 bits per heavy atom. The van der Waals surface area contributed by atoms with Crippen molar-refractivity contribution in [2.75, 3.05) is 0 Å². The van der Waals surface area contributed by atoms with Crippen molar-refractivity contribution >= 4 is 28.4 Å². The fraction of sp³-hybridized carbons (Fsp3) is 0.0625. The van der Waals surface area contributed by atoms with Gasteiger partial charge in [0.2, 0.25) is 0 Å². The summed E-state index contributed by atoms with van der Waals surface area (Å²) in [5.41, 5.74) is 2.76. The van der Waals surface area contributed by atoms with Crippen LogP contribution in [0, 0.1) is 10.1 Å². The number of nitro benzene ring substituents is 1. The Kier molecular flexibility index (Phi) is 4.93. The van der Waals surface area contributed by atoms with E-state index in [1.165, 1.54) is 12.1 Å². The van der Waals surface area contributed by atoms with Gasteiger partial charge in [-0.2, -0.15) is 5.10 Å². The molecule has 0 aliphatic carbocycles. The van der Waals surface area contributed by atoms with Gasteiger partial charge in [0.15, 0.2) is 5.15 Å². The predicted octanol–water partition coefficient (Wildman–Crippen LogP) is 3.48. The van der Waals surface area contributed by atoms with Crippen LogP contribution in [-0.4, -0.2) is 23.5 Å². The molecule has 1 aromatic heterocycles. The van der Waals surface area contributed by atoms with Gasteiger partial charge in [-0.1, -0.05) is 46.9 Å². The van der Waals surface area contributed by atoms with Gasteiger partial charge < -0.3 is 4.55 Å². The highest BCUT2D eigenvalue weighted by molar-refractivity contribution is 7.78. The van der Waals surface area contributed by atoms with Crippen LogP contribution in [0.3, 0.4) is 0 Å². The highest BCUT2D eigenvalue weighted by Crippen LogP contribution is 2.27. The topological polar surface area (TPSA) is 101 Å². The van der Waals surface area contributed by atoms with E-state index in [-0.39, 0.29) is 16.6 Å². The van der Waals surface area contributed by atoms with Crippen molar-refractivity contribution in [3.8, 4) is 16.9 Å². The lowest BCUT2D eigenvalue weighted by molar-refractivity contribution is -0.384. The number of hydrogen-bond acceptors (Lipinski definition) is 5. The highest BCUT2D eigenvalue weighted by Gasteiger charge is 2.12.